The van der Waals surface area contributed by atoms with Crippen molar-refractivity contribution in [3.05, 3.63) is 88.7 Å². The summed E-state index contributed by atoms with van der Waals surface area (Å²) in [4.78, 5) is 28.1. The summed E-state index contributed by atoms with van der Waals surface area (Å²) in [5.41, 5.74) is 1.49. The van der Waals surface area contributed by atoms with Gasteiger partial charge < -0.3 is 15.0 Å². The van der Waals surface area contributed by atoms with Crippen molar-refractivity contribution >= 4 is 39.1 Å². The van der Waals surface area contributed by atoms with E-state index in [1.54, 1.807) is 25.1 Å². The molecule has 1 N–H and O–H groups in total. The van der Waals surface area contributed by atoms with E-state index >= 15 is 0 Å². The van der Waals surface area contributed by atoms with Crippen molar-refractivity contribution in [1.29, 1.82) is 0 Å². The van der Waals surface area contributed by atoms with E-state index in [-0.39, 0.29) is 27.9 Å². The Morgan fingerprint density at radius 3 is 2.30 bits per heavy atom. The first-order valence-electron chi connectivity index (χ1n) is 12.7. The number of carbonyl (C=O) groups excluding carboxylic acids is 2. The largest absolute Gasteiger partial charge is 0.495 e. The molecule has 0 aliphatic rings. The van der Waals surface area contributed by atoms with E-state index in [4.69, 9.17) is 16.3 Å². The highest BCUT2D eigenvalue weighted by Gasteiger charge is 2.34. The molecule has 8 nitrogen and oxygen atoms in total. The molecule has 2 amide bonds. The van der Waals surface area contributed by atoms with Crippen LogP contribution in [0.5, 0.6) is 5.75 Å². The van der Waals surface area contributed by atoms with Gasteiger partial charge >= 0.3 is 0 Å². The number of sulfonamides is 1. The molecule has 11 heteroatoms. The van der Waals surface area contributed by atoms with Crippen molar-refractivity contribution in [2.24, 2.45) is 0 Å². The molecule has 0 aliphatic heterocycles. The zero-order valence-electron chi connectivity index (χ0n) is 22.9. The molecule has 0 saturated carbocycles. The van der Waals surface area contributed by atoms with Crippen LogP contribution < -0.4 is 14.4 Å². The number of methoxy groups -OCH3 is 1. The Morgan fingerprint density at radius 1 is 1.05 bits per heavy atom. The number of nitrogens with one attached hydrogen (secondary N) is 1. The number of anilines is 1. The number of benzene rings is 3. The average Bonchev–Trinajstić information content (AvgIpc) is 2.93. The van der Waals surface area contributed by atoms with Crippen LogP contribution in [-0.2, 0) is 26.2 Å². The molecule has 3 aromatic carbocycles. The van der Waals surface area contributed by atoms with Crippen LogP contribution >= 0.6 is 11.6 Å². The summed E-state index contributed by atoms with van der Waals surface area (Å²) in [7, 11) is -2.91. The number of amides is 2. The summed E-state index contributed by atoms with van der Waals surface area (Å²) in [6.45, 7) is 5.00. The summed E-state index contributed by atoms with van der Waals surface area (Å²) < 4.78 is 47.8. The lowest BCUT2D eigenvalue weighted by Gasteiger charge is -2.32. The quantitative estimate of drug-likeness (QED) is 0.323. The molecule has 0 bridgehead atoms. The Kier molecular flexibility index (Phi) is 10.5. The fraction of sp³-hybridized carbons (Fsp3) is 0.310. The Morgan fingerprint density at radius 2 is 1.70 bits per heavy atom. The van der Waals surface area contributed by atoms with Crippen LogP contribution in [0.2, 0.25) is 5.02 Å². The topological polar surface area (TPSA) is 96.0 Å². The molecule has 0 fully saturated rings. The first-order chi connectivity index (χ1) is 19.0. The third-order valence-electron chi connectivity index (χ3n) is 6.28. The summed E-state index contributed by atoms with van der Waals surface area (Å²) in [6.07, 6.45) is 0.696. The second-order valence-corrected chi connectivity index (χ2v) is 11.6. The van der Waals surface area contributed by atoms with Gasteiger partial charge in [0.05, 0.1) is 17.7 Å². The predicted octanol–water partition coefficient (Wildman–Crippen LogP) is 4.93. The first-order valence-corrected chi connectivity index (χ1v) is 14.5. The molecule has 0 spiro atoms. The zero-order valence-corrected chi connectivity index (χ0v) is 24.4. The van der Waals surface area contributed by atoms with Crippen molar-refractivity contribution in [3.8, 4) is 5.75 Å². The van der Waals surface area contributed by atoms with Crippen LogP contribution in [0.3, 0.4) is 0 Å². The normalized spacial score (nSPS) is 11.9. The molecule has 40 heavy (non-hydrogen) atoms. The zero-order chi connectivity index (χ0) is 29.4. The number of ether oxygens (including phenoxy) is 1. The number of rotatable bonds is 12. The molecular formula is C29H33ClFN3O5S. The van der Waals surface area contributed by atoms with Gasteiger partial charge in [0.2, 0.25) is 11.8 Å². The molecule has 3 rings (SSSR count). The monoisotopic (exact) mass is 589 g/mol. The number of aryl methyl sites for hydroxylation is 1. The summed E-state index contributed by atoms with van der Waals surface area (Å²) in [5, 5.41) is 3.01. The molecular weight excluding hydrogens is 557 g/mol. The summed E-state index contributed by atoms with van der Waals surface area (Å²) in [5.74, 6) is -1.31. The van der Waals surface area contributed by atoms with E-state index in [9.17, 15) is 22.4 Å². The number of hydrogen-bond donors (Lipinski definition) is 1. The summed E-state index contributed by atoms with van der Waals surface area (Å²) >= 11 is 6.24. The number of hydrogen-bond acceptors (Lipinski definition) is 5. The highest BCUT2D eigenvalue weighted by atomic mass is 35.5. The van der Waals surface area contributed by atoms with Gasteiger partial charge in [-0.05, 0) is 68.3 Å². The van der Waals surface area contributed by atoms with Crippen LogP contribution in [0.15, 0.2) is 71.6 Å². The highest BCUT2D eigenvalue weighted by molar-refractivity contribution is 7.92. The van der Waals surface area contributed by atoms with Gasteiger partial charge in [0, 0.05) is 18.1 Å². The fourth-order valence-corrected chi connectivity index (χ4v) is 5.56. The minimum absolute atomic E-state index is 0.0354. The maximum absolute atomic E-state index is 14.0. The Labute approximate surface area is 239 Å². The third kappa shape index (κ3) is 7.51. The Hall–Kier alpha value is -3.63. The first kappa shape index (κ1) is 30.9. The van der Waals surface area contributed by atoms with Crippen LogP contribution in [0.25, 0.3) is 0 Å². The van der Waals surface area contributed by atoms with E-state index < -0.39 is 40.2 Å². The lowest BCUT2D eigenvalue weighted by Crippen LogP contribution is -2.51. The van der Waals surface area contributed by atoms with E-state index in [2.05, 4.69) is 5.32 Å². The lowest BCUT2D eigenvalue weighted by atomic mass is 10.1. The average molecular weight is 590 g/mol. The second-order valence-electron chi connectivity index (χ2n) is 9.26. The predicted molar refractivity (Wildman–Crippen MR) is 153 cm³/mol. The number of carbonyl (C=O) groups is 2. The van der Waals surface area contributed by atoms with Crippen LogP contribution in [0, 0.1) is 12.7 Å². The number of nitrogens with zero attached hydrogens (tertiary/aromatic N) is 2. The maximum atomic E-state index is 14.0. The molecule has 0 radical (unpaired) electrons. The van der Waals surface area contributed by atoms with E-state index in [1.165, 1.54) is 60.5 Å². The van der Waals surface area contributed by atoms with E-state index in [0.29, 0.717) is 18.5 Å². The molecule has 1 atom stereocenters. The minimum atomic E-state index is -4.29. The van der Waals surface area contributed by atoms with Gasteiger partial charge in [0.1, 0.15) is 24.2 Å². The van der Waals surface area contributed by atoms with Gasteiger partial charge in [0.15, 0.2) is 0 Å². The van der Waals surface area contributed by atoms with Gasteiger partial charge in [-0.3, -0.25) is 13.9 Å². The highest BCUT2D eigenvalue weighted by Crippen LogP contribution is 2.35. The van der Waals surface area contributed by atoms with E-state index in [1.807, 2.05) is 13.8 Å². The van der Waals surface area contributed by atoms with Gasteiger partial charge in [-0.25, -0.2) is 12.8 Å². The van der Waals surface area contributed by atoms with Crippen molar-refractivity contribution in [1.82, 2.24) is 10.2 Å². The smallest absolute Gasteiger partial charge is 0.264 e. The molecule has 0 aliphatic carbocycles. The molecule has 214 valence electrons. The molecule has 3 aromatic rings. The minimum Gasteiger partial charge on any atom is -0.495 e. The van der Waals surface area contributed by atoms with Crippen molar-refractivity contribution in [2.75, 3.05) is 24.5 Å². The molecule has 0 unspecified atom stereocenters. The standard InChI is InChI=1S/C29H33ClFN3O5S/c1-5-16-32-29(36)21(3)33(18-22-8-11-24(31)12-9-22)28(35)19-34(26-17-23(30)10-15-27(26)39-4)40(37,38)25-13-6-20(2)7-14-25/h6-15,17,21H,5,16,18-19H2,1-4H3,(H,32,36)/t21-/m1/s1. The van der Waals surface area contributed by atoms with Gasteiger partial charge in [-0.15, -0.1) is 0 Å². The van der Waals surface area contributed by atoms with Gasteiger partial charge in [-0.2, -0.15) is 0 Å². The lowest BCUT2D eigenvalue weighted by molar-refractivity contribution is -0.139. The van der Waals surface area contributed by atoms with Crippen molar-refractivity contribution in [2.45, 2.75) is 44.7 Å². The SMILES string of the molecule is CCCNC(=O)[C@@H](C)N(Cc1ccc(F)cc1)C(=O)CN(c1cc(Cl)ccc1OC)S(=O)(=O)c1ccc(C)cc1. The Balaban J connectivity index is 2.08. The third-order valence-corrected chi connectivity index (χ3v) is 8.29. The van der Waals surface area contributed by atoms with Crippen LogP contribution in [0.1, 0.15) is 31.4 Å². The van der Waals surface area contributed by atoms with Gasteiger partial charge in [-0.1, -0.05) is 48.4 Å². The van der Waals surface area contributed by atoms with E-state index in [0.717, 1.165) is 9.87 Å². The van der Waals surface area contributed by atoms with Crippen molar-refractivity contribution < 1.29 is 27.1 Å². The molecule has 0 saturated heterocycles. The number of halogens is 2. The van der Waals surface area contributed by atoms with Crippen LogP contribution in [-0.4, -0.2) is 51.4 Å². The second kappa shape index (κ2) is 13.6. The van der Waals surface area contributed by atoms with Gasteiger partial charge in [0.25, 0.3) is 10.0 Å². The molecule has 0 aromatic heterocycles. The van der Waals surface area contributed by atoms with Crippen LogP contribution in [0.4, 0.5) is 10.1 Å². The fourth-order valence-electron chi connectivity index (χ4n) is 3.97. The Bertz CT molecular complexity index is 1430. The molecule has 0 heterocycles. The maximum Gasteiger partial charge on any atom is 0.264 e. The van der Waals surface area contributed by atoms with Crippen molar-refractivity contribution in [3.63, 3.8) is 0 Å². The summed E-state index contributed by atoms with van der Waals surface area (Å²) in [6, 6.07) is 15.3.